The lowest BCUT2D eigenvalue weighted by Crippen LogP contribution is -2.49. The lowest BCUT2D eigenvalue weighted by Gasteiger charge is -2.26. The number of carbonyl (C=O) groups is 2. The number of aromatic amines is 1. The van der Waals surface area contributed by atoms with Crippen molar-refractivity contribution in [1.82, 2.24) is 15.2 Å². The van der Waals surface area contributed by atoms with E-state index in [0.717, 1.165) is 16.5 Å². The van der Waals surface area contributed by atoms with Gasteiger partial charge in [0.15, 0.2) is 0 Å². The molecule has 0 saturated heterocycles. The molecule has 0 aliphatic carbocycles. The van der Waals surface area contributed by atoms with E-state index >= 15 is 0 Å². The van der Waals surface area contributed by atoms with Crippen LogP contribution in [0.15, 0.2) is 24.3 Å². The summed E-state index contributed by atoms with van der Waals surface area (Å²) in [6.45, 7) is 3.98. The third-order valence-electron chi connectivity index (χ3n) is 3.26. The van der Waals surface area contributed by atoms with Crippen LogP contribution in [0.1, 0.15) is 19.4 Å². The fourth-order valence-electron chi connectivity index (χ4n) is 2.36. The molecule has 0 saturated carbocycles. The summed E-state index contributed by atoms with van der Waals surface area (Å²) in [5.74, 6) is 0.671. The molecule has 1 aromatic heterocycles. The number of aromatic nitrogens is 1. The summed E-state index contributed by atoms with van der Waals surface area (Å²) in [6, 6.07) is 6.97. The third-order valence-corrected chi connectivity index (χ3v) is 3.26. The first-order chi connectivity index (χ1) is 9.56. The number of hydrogen-bond donors (Lipinski definition) is 3. The summed E-state index contributed by atoms with van der Waals surface area (Å²) in [5, 5.41) is 6.47. The van der Waals surface area contributed by atoms with E-state index in [2.05, 4.69) is 15.6 Å². The van der Waals surface area contributed by atoms with Gasteiger partial charge in [-0.3, -0.25) is 5.32 Å². The maximum absolute atomic E-state index is 12.0. The third kappa shape index (κ3) is 1.99. The number of nitrogens with zero attached hydrogens (tertiary/aromatic N) is 1. The van der Waals surface area contributed by atoms with E-state index in [9.17, 15) is 9.59 Å². The Morgan fingerprint density at radius 3 is 2.85 bits per heavy atom. The minimum Gasteiger partial charge on any atom is -0.341 e. The Balaban J connectivity index is 1.96. The number of hydrogen-bond acceptors (Lipinski definition) is 2. The smallest absolute Gasteiger partial charge is 0.331 e. The van der Waals surface area contributed by atoms with Crippen molar-refractivity contribution in [1.29, 1.82) is 0 Å². The molecule has 3 N–H and O–H groups in total. The van der Waals surface area contributed by atoms with E-state index in [1.54, 1.807) is 0 Å². The summed E-state index contributed by atoms with van der Waals surface area (Å²) in [6.07, 6.45) is 0. The molecule has 6 nitrogen and oxygen atoms in total. The number of carbonyl (C=O) groups excluding carboxylic acids is 2. The monoisotopic (exact) mass is 272 g/mol. The molecule has 2 aromatic rings. The van der Waals surface area contributed by atoms with Crippen LogP contribution in [-0.4, -0.2) is 28.0 Å². The quantitative estimate of drug-likeness (QED) is 0.746. The van der Waals surface area contributed by atoms with Crippen LogP contribution < -0.4 is 10.6 Å². The first-order valence-corrected chi connectivity index (χ1v) is 6.55. The molecular formula is C14H16N4O2. The minimum atomic E-state index is -0.415. The number of H-pyrrole nitrogens is 1. The molecule has 0 atom stereocenters. The van der Waals surface area contributed by atoms with Gasteiger partial charge in [0.05, 0.1) is 6.54 Å². The zero-order chi connectivity index (χ0) is 14.3. The summed E-state index contributed by atoms with van der Waals surface area (Å²) in [4.78, 5) is 28.4. The van der Waals surface area contributed by atoms with Crippen LogP contribution in [-0.2, 0) is 6.54 Å². The summed E-state index contributed by atoms with van der Waals surface area (Å²) >= 11 is 0. The Morgan fingerprint density at radius 1 is 1.35 bits per heavy atom. The number of imide groups is 1. The average molecular weight is 272 g/mol. The van der Waals surface area contributed by atoms with Crippen molar-refractivity contribution < 1.29 is 9.59 Å². The molecule has 2 heterocycles. The zero-order valence-corrected chi connectivity index (χ0v) is 11.4. The molecule has 6 heteroatoms. The second-order valence-electron chi connectivity index (χ2n) is 5.14. The standard InChI is InChI=1S/C14H16N4O2/c1-8(2)15-13(19)18-7-10-9-5-3-4-6-11(9)16-12(10)17-14(18)20/h3-6,8,16H,7H2,1-2H3,(H,15,19)(H,17,20). The summed E-state index contributed by atoms with van der Waals surface area (Å²) < 4.78 is 0. The van der Waals surface area contributed by atoms with Crippen LogP contribution >= 0.6 is 0 Å². The molecule has 4 amide bonds. The van der Waals surface area contributed by atoms with E-state index in [1.165, 1.54) is 4.90 Å². The highest BCUT2D eigenvalue weighted by atomic mass is 16.2. The lowest BCUT2D eigenvalue weighted by molar-refractivity contribution is 0.188. The molecule has 3 rings (SSSR count). The molecule has 20 heavy (non-hydrogen) atoms. The SMILES string of the molecule is CC(C)NC(=O)N1Cc2c([nH]c3ccccc23)NC1=O. The van der Waals surface area contributed by atoms with E-state index in [-0.39, 0.29) is 18.6 Å². The van der Waals surface area contributed by atoms with Gasteiger partial charge in [-0.25, -0.2) is 14.5 Å². The largest absolute Gasteiger partial charge is 0.341 e. The molecule has 0 bridgehead atoms. The zero-order valence-electron chi connectivity index (χ0n) is 11.4. The van der Waals surface area contributed by atoms with Gasteiger partial charge >= 0.3 is 12.1 Å². The molecule has 1 aromatic carbocycles. The second-order valence-corrected chi connectivity index (χ2v) is 5.14. The van der Waals surface area contributed by atoms with Crippen molar-refractivity contribution >= 4 is 28.8 Å². The van der Waals surface area contributed by atoms with Crippen LogP contribution in [0.5, 0.6) is 0 Å². The number of nitrogens with one attached hydrogen (secondary N) is 3. The Hall–Kier alpha value is -2.50. The summed E-state index contributed by atoms with van der Waals surface area (Å²) in [7, 11) is 0. The predicted octanol–water partition coefficient (Wildman–Crippen LogP) is 2.63. The van der Waals surface area contributed by atoms with Crippen LogP contribution in [0, 0.1) is 0 Å². The normalized spacial score (nSPS) is 14.3. The van der Waals surface area contributed by atoms with Crippen molar-refractivity contribution in [3.63, 3.8) is 0 Å². The molecule has 0 spiro atoms. The number of urea groups is 2. The van der Waals surface area contributed by atoms with Crippen molar-refractivity contribution in [3.8, 4) is 0 Å². The van der Waals surface area contributed by atoms with Crippen LogP contribution in [0.2, 0.25) is 0 Å². The fourth-order valence-corrected chi connectivity index (χ4v) is 2.36. The first kappa shape index (κ1) is 12.5. The molecule has 0 unspecified atom stereocenters. The summed E-state index contributed by atoms with van der Waals surface area (Å²) in [5.41, 5.74) is 1.88. The maximum atomic E-state index is 12.0. The highest BCUT2D eigenvalue weighted by Gasteiger charge is 2.30. The van der Waals surface area contributed by atoms with Crippen LogP contribution in [0.4, 0.5) is 15.4 Å². The van der Waals surface area contributed by atoms with E-state index < -0.39 is 6.03 Å². The number of amides is 4. The van der Waals surface area contributed by atoms with Crippen molar-refractivity contribution in [2.75, 3.05) is 5.32 Å². The first-order valence-electron chi connectivity index (χ1n) is 6.55. The second kappa shape index (κ2) is 4.56. The van der Waals surface area contributed by atoms with Gasteiger partial charge in [0.1, 0.15) is 5.82 Å². The Labute approximate surface area is 116 Å². The molecule has 0 radical (unpaired) electrons. The number of benzene rings is 1. The van der Waals surface area contributed by atoms with Crippen molar-refractivity contribution in [3.05, 3.63) is 29.8 Å². The van der Waals surface area contributed by atoms with E-state index in [1.807, 2.05) is 38.1 Å². The van der Waals surface area contributed by atoms with Crippen LogP contribution in [0.25, 0.3) is 10.9 Å². The van der Waals surface area contributed by atoms with E-state index in [4.69, 9.17) is 0 Å². The Bertz CT molecular complexity index is 690. The van der Waals surface area contributed by atoms with Crippen molar-refractivity contribution in [2.24, 2.45) is 0 Å². The Morgan fingerprint density at radius 2 is 2.10 bits per heavy atom. The highest BCUT2D eigenvalue weighted by molar-refractivity contribution is 6.05. The van der Waals surface area contributed by atoms with Gasteiger partial charge in [-0.05, 0) is 19.9 Å². The molecule has 1 aliphatic heterocycles. The lowest BCUT2D eigenvalue weighted by atomic mass is 10.1. The van der Waals surface area contributed by atoms with Gasteiger partial charge in [0.25, 0.3) is 0 Å². The van der Waals surface area contributed by atoms with Crippen LogP contribution in [0.3, 0.4) is 0 Å². The van der Waals surface area contributed by atoms with Gasteiger partial charge < -0.3 is 10.3 Å². The highest BCUT2D eigenvalue weighted by Crippen LogP contribution is 2.30. The topological polar surface area (TPSA) is 77.2 Å². The Kier molecular flexibility index (Phi) is 2.85. The number of fused-ring (bicyclic) bond motifs is 3. The minimum absolute atomic E-state index is 0.0142. The van der Waals surface area contributed by atoms with Gasteiger partial charge in [-0.15, -0.1) is 0 Å². The van der Waals surface area contributed by atoms with Gasteiger partial charge in [-0.2, -0.15) is 0 Å². The molecule has 104 valence electrons. The molecule has 0 fully saturated rings. The number of para-hydroxylation sites is 1. The van der Waals surface area contributed by atoms with Gasteiger partial charge in [0, 0.05) is 22.5 Å². The maximum Gasteiger partial charge on any atom is 0.331 e. The van der Waals surface area contributed by atoms with Gasteiger partial charge in [-0.1, -0.05) is 18.2 Å². The number of rotatable bonds is 1. The van der Waals surface area contributed by atoms with E-state index in [0.29, 0.717) is 5.82 Å². The number of anilines is 1. The average Bonchev–Trinajstić information content (AvgIpc) is 2.74. The fraction of sp³-hybridized carbons (Fsp3) is 0.286. The predicted molar refractivity (Wildman–Crippen MR) is 76.5 cm³/mol. The van der Waals surface area contributed by atoms with Crippen molar-refractivity contribution in [2.45, 2.75) is 26.4 Å². The molecular weight excluding hydrogens is 256 g/mol. The molecule has 1 aliphatic rings. The van der Waals surface area contributed by atoms with Gasteiger partial charge in [0.2, 0.25) is 0 Å².